The molecular formula is C15H22ClNO3. The molecule has 1 unspecified atom stereocenters. The maximum atomic E-state index is 11.9. The first-order valence-electron chi connectivity index (χ1n) is 6.50. The molecule has 1 N–H and O–H groups in total. The maximum absolute atomic E-state index is 11.9. The number of halogens is 1. The molecule has 1 amide bonds. The lowest BCUT2D eigenvalue weighted by Crippen LogP contribution is -2.27. The van der Waals surface area contributed by atoms with E-state index in [2.05, 4.69) is 5.32 Å². The van der Waals surface area contributed by atoms with Gasteiger partial charge < -0.3 is 14.8 Å². The number of hydrogen-bond donors (Lipinski definition) is 1. The molecule has 0 spiro atoms. The van der Waals surface area contributed by atoms with Crippen molar-refractivity contribution in [1.29, 1.82) is 0 Å². The lowest BCUT2D eigenvalue weighted by molar-refractivity contribution is -0.123. The van der Waals surface area contributed by atoms with Gasteiger partial charge in [0.05, 0.1) is 11.6 Å². The van der Waals surface area contributed by atoms with Crippen LogP contribution in [0.1, 0.15) is 27.7 Å². The summed E-state index contributed by atoms with van der Waals surface area (Å²) in [5.41, 5.74) is 0.205. The zero-order chi connectivity index (χ0) is 15.3. The van der Waals surface area contributed by atoms with Gasteiger partial charge in [-0.15, -0.1) is 0 Å². The van der Waals surface area contributed by atoms with E-state index in [0.29, 0.717) is 23.1 Å². The van der Waals surface area contributed by atoms with E-state index in [0.717, 1.165) is 0 Å². The molecule has 20 heavy (non-hydrogen) atoms. The zero-order valence-electron chi connectivity index (χ0n) is 12.6. The van der Waals surface area contributed by atoms with Crippen molar-refractivity contribution in [2.24, 2.45) is 5.41 Å². The number of rotatable bonds is 5. The SMILES string of the molecule is COCC(C)Oc1ccc(NC(=O)C(C)(C)C)cc1Cl. The zero-order valence-corrected chi connectivity index (χ0v) is 13.4. The van der Waals surface area contributed by atoms with E-state index in [1.165, 1.54) is 0 Å². The van der Waals surface area contributed by atoms with Crippen LogP contribution in [0.2, 0.25) is 5.02 Å². The van der Waals surface area contributed by atoms with Crippen molar-refractivity contribution in [2.45, 2.75) is 33.8 Å². The molecule has 1 atom stereocenters. The molecule has 1 rings (SSSR count). The minimum atomic E-state index is -0.450. The Bertz CT molecular complexity index is 469. The van der Waals surface area contributed by atoms with Gasteiger partial charge in [0.15, 0.2) is 0 Å². The normalized spacial score (nSPS) is 12.9. The highest BCUT2D eigenvalue weighted by molar-refractivity contribution is 6.32. The summed E-state index contributed by atoms with van der Waals surface area (Å²) in [6.07, 6.45) is -0.0903. The minimum absolute atomic E-state index is 0.0602. The molecule has 0 saturated heterocycles. The van der Waals surface area contributed by atoms with Crippen molar-refractivity contribution in [3.63, 3.8) is 0 Å². The summed E-state index contributed by atoms with van der Waals surface area (Å²) in [5.74, 6) is 0.514. The smallest absolute Gasteiger partial charge is 0.229 e. The molecule has 0 heterocycles. The molecule has 0 aliphatic carbocycles. The van der Waals surface area contributed by atoms with E-state index in [-0.39, 0.29) is 12.0 Å². The molecule has 0 fully saturated rings. The number of carbonyl (C=O) groups is 1. The predicted octanol–water partition coefficient (Wildman–Crippen LogP) is 3.74. The maximum Gasteiger partial charge on any atom is 0.229 e. The number of carbonyl (C=O) groups excluding carboxylic acids is 1. The molecule has 0 radical (unpaired) electrons. The topological polar surface area (TPSA) is 47.6 Å². The summed E-state index contributed by atoms with van der Waals surface area (Å²) in [6, 6.07) is 5.19. The summed E-state index contributed by atoms with van der Waals surface area (Å²) in [5, 5.41) is 3.28. The number of amides is 1. The van der Waals surface area contributed by atoms with E-state index < -0.39 is 5.41 Å². The van der Waals surface area contributed by atoms with Crippen LogP contribution in [0.4, 0.5) is 5.69 Å². The van der Waals surface area contributed by atoms with Crippen LogP contribution in [0.3, 0.4) is 0 Å². The summed E-state index contributed by atoms with van der Waals surface area (Å²) in [4.78, 5) is 11.9. The number of hydrogen-bond acceptors (Lipinski definition) is 3. The average Bonchev–Trinajstić information content (AvgIpc) is 2.31. The number of benzene rings is 1. The summed E-state index contributed by atoms with van der Waals surface area (Å²) in [6.45, 7) is 7.95. The average molecular weight is 300 g/mol. The van der Waals surface area contributed by atoms with Crippen molar-refractivity contribution in [2.75, 3.05) is 19.0 Å². The second kappa shape index (κ2) is 6.95. The highest BCUT2D eigenvalue weighted by Crippen LogP contribution is 2.29. The van der Waals surface area contributed by atoms with Gasteiger partial charge in [0.25, 0.3) is 0 Å². The van der Waals surface area contributed by atoms with Crippen LogP contribution in [-0.2, 0) is 9.53 Å². The molecule has 112 valence electrons. The molecule has 0 aromatic heterocycles. The van der Waals surface area contributed by atoms with Crippen LogP contribution in [0.5, 0.6) is 5.75 Å². The number of anilines is 1. The summed E-state index contributed by atoms with van der Waals surface area (Å²) in [7, 11) is 1.62. The van der Waals surface area contributed by atoms with Crippen LogP contribution in [0.15, 0.2) is 18.2 Å². The largest absolute Gasteiger partial charge is 0.487 e. The molecule has 0 aliphatic rings. The third kappa shape index (κ3) is 5.02. The van der Waals surface area contributed by atoms with Gasteiger partial charge in [-0.1, -0.05) is 32.4 Å². The van der Waals surface area contributed by atoms with E-state index >= 15 is 0 Å². The monoisotopic (exact) mass is 299 g/mol. The lowest BCUT2D eigenvalue weighted by atomic mass is 9.95. The quantitative estimate of drug-likeness (QED) is 0.901. The van der Waals surface area contributed by atoms with Gasteiger partial charge in [0.1, 0.15) is 11.9 Å². The molecule has 5 heteroatoms. The Balaban J connectivity index is 2.75. The van der Waals surface area contributed by atoms with Crippen molar-refractivity contribution in [1.82, 2.24) is 0 Å². The van der Waals surface area contributed by atoms with E-state index in [1.807, 2.05) is 27.7 Å². The Labute approximate surface area is 125 Å². The lowest BCUT2D eigenvalue weighted by Gasteiger charge is -2.19. The second-order valence-electron chi connectivity index (χ2n) is 5.73. The van der Waals surface area contributed by atoms with Crippen LogP contribution in [0, 0.1) is 5.41 Å². The molecule has 0 bridgehead atoms. The predicted molar refractivity (Wildman–Crippen MR) is 81.5 cm³/mol. The summed E-state index contributed by atoms with van der Waals surface area (Å²) >= 11 is 6.15. The number of ether oxygens (including phenoxy) is 2. The van der Waals surface area contributed by atoms with Gasteiger partial charge in [-0.05, 0) is 25.1 Å². The molecule has 0 saturated carbocycles. The standard InChI is InChI=1S/C15H22ClNO3/c1-10(9-19-5)20-13-7-6-11(8-12(13)16)17-14(18)15(2,3)4/h6-8,10H,9H2,1-5H3,(H,17,18). The van der Waals surface area contributed by atoms with Crippen LogP contribution in [0.25, 0.3) is 0 Å². The van der Waals surface area contributed by atoms with Gasteiger partial charge in [-0.25, -0.2) is 0 Å². The van der Waals surface area contributed by atoms with Crippen LogP contribution >= 0.6 is 11.6 Å². The van der Waals surface area contributed by atoms with Crippen molar-refractivity contribution < 1.29 is 14.3 Å². The van der Waals surface area contributed by atoms with Crippen LogP contribution < -0.4 is 10.1 Å². The fraction of sp³-hybridized carbons (Fsp3) is 0.533. The Morgan fingerprint density at radius 2 is 2.05 bits per heavy atom. The van der Waals surface area contributed by atoms with Gasteiger partial charge in [0, 0.05) is 18.2 Å². The first kappa shape index (κ1) is 16.8. The van der Waals surface area contributed by atoms with Gasteiger partial charge in [-0.3, -0.25) is 4.79 Å². The molecular weight excluding hydrogens is 278 g/mol. The van der Waals surface area contributed by atoms with Gasteiger partial charge in [-0.2, -0.15) is 0 Å². The molecule has 1 aromatic rings. The highest BCUT2D eigenvalue weighted by atomic mass is 35.5. The third-order valence-corrected chi connectivity index (χ3v) is 2.90. The summed E-state index contributed by atoms with van der Waals surface area (Å²) < 4.78 is 10.6. The second-order valence-corrected chi connectivity index (χ2v) is 6.14. The van der Waals surface area contributed by atoms with Crippen molar-refractivity contribution >= 4 is 23.2 Å². The highest BCUT2D eigenvalue weighted by Gasteiger charge is 2.21. The van der Waals surface area contributed by atoms with E-state index in [1.54, 1.807) is 25.3 Å². The van der Waals surface area contributed by atoms with Crippen molar-refractivity contribution in [3.8, 4) is 5.75 Å². The fourth-order valence-electron chi connectivity index (χ4n) is 1.48. The van der Waals surface area contributed by atoms with Crippen LogP contribution in [-0.4, -0.2) is 25.7 Å². The molecule has 0 aliphatic heterocycles. The Kier molecular flexibility index (Phi) is 5.84. The Morgan fingerprint density at radius 3 is 2.55 bits per heavy atom. The van der Waals surface area contributed by atoms with E-state index in [9.17, 15) is 4.79 Å². The first-order valence-corrected chi connectivity index (χ1v) is 6.88. The van der Waals surface area contributed by atoms with Crippen molar-refractivity contribution in [3.05, 3.63) is 23.2 Å². The first-order chi connectivity index (χ1) is 9.24. The third-order valence-electron chi connectivity index (χ3n) is 2.60. The molecule has 4 nitrogen and oxygen atoms in total. The Hall–Kier alpha value is -1.26. The Morgan fingerprint density at radius 1 is 1.40 bits per heavy atom. The number of nitrogens with one attached hydrogen (secondary N) is 1. The number of methoxy groups -OCH3 is 1. The van der Waals surface area contributed by atoms with Gasteiger partial charge in [0.2, 0.25) is 5.91 Å². The fourth-order valence-corrected chi connectivity index (χ4v) is 1.70. The van der Waals surface area contributed by atoms with Gasteiger partial charge >= 0.3 is 0 Å². The molecule has 1 aromatic carbocycles. The minimum Gasteiger partial charge on any atom is -0.487 e. The van der Waals surface area contributed by atoms with E-state index in [4.69, 9.17) is 21.1 Å².